The van der Waals surface area contributed by atoms with E-state index in [0.29, 0.717) is 6.42 Å². The van der Waals surface area contributed by atoms with Crippen LogP contribution in [0.5, 0.6) is 0 Å². The molecule has 7 heteroatoms. The average molecular weight is 283 g/mol. The van der Waals surface area contributed by atoms with Crippen molar-refractivity contribution < 1.29 is 21.8 Å². The Hall–Kier alpha value is -0.850. The minimum absolute atomic E-state index is 0.141. The maximum atomic E-state index is 12.3. The molecular weight excluding hydrogens is 261 g/mol. The third-order valence-electron chi connectivity index (χ3n) is 2.03. The molecule has 1 N–H and O–H groups in total. The van der Waals surface area contributed by atoms with Crippen LogP contribution in [0.1, 0.15) is 47.5 Å². The lowest BCUT2D eigenvalue weighted by atomic mass is 9.99. The molecule has 0 heterocycles. The third kappa shape index (κ3) is 10.3. The lowest BCUT2D eigenvalue weighted by molar-refractivity contribution is 0.0468. The first kappa shape index (κ1) is 17.2. The molecule has 18 heavy (non-hydrogen) atoms. The number of amides is 1. The van der Waals surface area contributed by atoms with Crippen LogP contribution in [0.15, 0.2) is 0 Å². The van der Waals surface area contributed by atoms with E-state index in [4.69, 9.17) is 4.74 Å². The van der Waals surface area contributed by atoms with Gasteiger partial charge in [-0.05, 0) is 47.5 Å². The summed E-state index contributed by atoms with van der Waals surface area (Å²) in [5.74, 6) is -0.535. The molecular formula is C11H22FNO4S. The highest BCUT2D eigenvalue weighted by Crippen LogP contribution is 2.14. The van der Waals surface area contributed by atoms with Gasteiger partial charge in [-0.25, -0.2) is 4.79 Å². The van der Waals surface area contributed by atoms with Gasteiger partial charge >= 0.3 is 16.3 Å². The summed E-state index contributed by atoms with van der Waals surface area (Å²) in [5.41, 5.74) is -1.24. The van der Waals surface area contributed by atoms with E-state index in [1.807, 2.05) is 0 Å². The Kier molecular flexibility index (Phi) is 5.58. The number of hydrogen-bond acceptors (Lipinski definition) is 4. The monoisotopic (exact) mass is 283 g/mol. The molecule has 0 aliphatic heterocycles. The topological polar surface area (TPSA) is 72.5 Å². The highest BCUT2D eigenvalue weighted by molar-refractivity contribution is 7.86. The zero-order chi connectivity index (χ0) is 14.6. The predicted molar refractivity (Wildman–Crippen MR) is 67.6 cm³/mol. The first-order valence-corrected chi connectivity index (χ1v) is 7.29. The summed E-state index contributed by atoms with van der Waals surface area (Å²) in [6, 6.07) is 0. The van der Waals surface area contributed by atoms with Crippen molar-refractivity contribution in [2.24, 2.45) is 0 Å². The Labute approximate surface area is 108 Å². The summed E-state index contributed by atoms with van der Waals surface area (Å²) >= 11 is 0. The first-order chi connectivity index (χ1) is 7.81. The molecule has 0 aromatic heterocycles. The number of carbonyl (C=O) groups is 1. The quantitative estimate of drug-likeness (QED) is 0.786. The second kappa shape index (κ2) is 5.86. The molecule has 0 aromatic carbocycles. The molecule has 0 saturated heterocycles. The number of carbonyl (C=O) groups excluding carboxylic acids is 1. The molecule has 1 amide bonds. The average Bonchev–Trinajstić information content (AvgIpc) is 1.93. The summed E-state index contributed by atoms with van der Waals surface area (Å²) in [4.78, 5) is 11.5. The van der Waals surface area contributed by atoms with Crippen molar-refractivity contribution in [1.29, 1.82) is 0 Å². The Morgan fingerprint density at radius 2 is 1.72 bits per heavy atom. The Balaban J connectivity index is 4.19. The second-order valence-electron chi connectivity index (χ2n) is 5.86. The maximum absolute atomic E-state index is 12.3. The number of alkyl carbamates (subject to hydrolysis) is 1. The van der Waals surface area contributed by atoms with Gasteiger partial charge in [0.1, 0.15) is 5.60 Å². The van der Waals surface area contributed by atoms with Crippen LogP contribution in [-0.2, 0) is 15.0 Å². The molecule has 0 saturated carbocycles. The summed E-state index contributed by atoms with van der Waals surface area (Å²) in [7, 11) is -4.45. The van der Waals surface area contributed by atoms with Crippen molar-refractivity contribution in [2.75, 3.05) is 5.75 Å². The van der Waals surface area contributed by atoms with Crippen molar-refractivity contribution >= 4 is 16.3 Å². The smallest absolute Gasteiger partial charge is 0.408 e. The van der Waals surface area contributed by atoms with Crippen LogP contribution in [0.4, 0.5) is 8.68 Å². The lowest BCUT2D eigenvalue weighted by Gasteiger charge is -2.28. The van der Waals surface area contributed by atoms with Crippen molar-refractivity contribution in [3.8, 4) is 0 Å². The van der Waals surface area contributed by atoms with Crippen LogP contribution >= 0.6 is 0 Å². The van der Waals surface area contributed by atoms with E-state index in [1.165, 1.54) is 0 Å². The summed E-state index contributed by atoms with van der Waals surface area (Å²) in [6.07, 6.45) is -0.0904. The van der Waals surface area contributed by atoms with Gasteiger partial charge in [0, 0.05) is 5.54 Å². The number of ether oxygens (including phenoxy) is 1. The fraction of sp³-hybridized carbons (Fsp3) is 0.909. The second-order valence-corrected chi connectivity index (χ2v) is 7.34. The highest BCUT2D eigenvalue weighted by atomic mass is 32.3. The highest BCUT2D eigenvalue weighted by Gasteiger charge is 2.24. The number of rotatable bonds is 5. The number of hydrogen-bond donors (Lipinski definition) is 1. The zero-order valence-electron chi connectivity index (χ0n) is 11.5. The molecule has 0 aromatic rings. The number of nitrogens with one attached hydrogen (secondary N) is 1. The largest absolute Gasteiger partial charge is 0.444 e. The predicted octanol–water partition coefficient (Wildman–Crippen LogP) is 2.37. The molecule has 0 atom stereocenters. The minimum Gasteiger partial charge on any atom is -0.444 e. The van der Waals surface area contributed by atoms with Crippen LogP contribution in [0.3, 0.4) is 0 Å². The summed E-state index contributed by atoms with van der Waals surface area (Å²) in [6.45, 7) is 8.68. The van der Waals surface area contributed by atoms with Crippen LogP contribution < -0.4 is 5.32 Å². The van der Waals surface area contributed by atoms with Gasteiger partial charge in [-0.1, -0.05) is 0 Å². The van der Waals surface area contributed by atoms with Gasteiger partial charge in [-0.15, -0.1) is 3.89 Å². The third-order valence-corrected chi connectivity index (χ3v) is 2.81. The van der Waals surface area contributed by atoms with E-state index in [9.17, 15) is 17.1 Å². The Bertz CT molecular complexity index is 384. The van der Waals surface area contributed by atoms with E-state index in [0.717, 1.165) is 0 Å². The maximum Gasteiger partial charge on any atom is 0.408 e. The molecule has 0 fully saturated rings. The Morgan fingerprint density at radius 1 is 1.22 bits per heavy atom. The SMILES string of the molecule is CC(C)(CCCS(=O)(=O)F)NC(=O)OC(C)(C)C. The molecule has 0 unspecified atom stereocenters. The zero-order valence-corrected chi connectivity index (χ0v) is 12.4. The van der Waals surface area contributed by atoms with Gasteiger partial charge in [0.25, 0.3) is 0 Å². The fourth-order valence-corrected chi connectivity index (χ4v) is 1.82. The van der Waals surface area contributed by atoms with Crippen LogP contribution in [0.25, 0.3) is 0 Å². The molecule has 0 rings (SSSR count). The van der Waals surface area contributed by atoms with Crippen molar-refractivity contribution in [3.63, 3.8) is 0 Å². The molecule has 0 aliphatic carbocycles. The van der Waals surface area contributed by atoms with Gasteiger partial charge < -0.3 is 10.1 Å². The van der Waals surface area contributed by atoms with Gasteiger partial charge in [-0.2, -0.15) is 8.42 Å². The fourth-order valence-electron chi connectivity index (χ4n) is 1.33. The molecule has 5 nitrogen and oxygen atoms in total. The molecule has 0 radical (unpaired) electrons. The van der Waals surface area contributed by atoms with E-state index < -0.39 is 33.2 Å². The van der Waals surface area contributed by atoms with Crippen LogP contribution in [-0.4, -0.2) is 31.4 Å². The molecule has 0 aliphatic rings. The normalized spacial score (nSPS) is 13.2. The van der Waals surface area contributed by atoms with E-state index in [1.54, 1.807) is 34.6 Å². The number of halogens is 1. The summed E-state index contributed by atoms with van der Waals surface area (Å²) in [5, 5.41) is 2.62. The van der Waals surface area contributed by atoms with Gasteiger partial charge in [-0.3, -0.25) is 0 Å². The van der Waals surface area contributed by atoms with Crippen molar-refractivity contribution in [3.05, 3.63) is 0 Å². The molecule has 0 bridgehead atoms. The minimum atomic E-state index is -4.45. The van der Waals surface area contributed by atoms with E-state index in [-0.39, 0.29) is 6.42 Å². The summed E-state index contributed by atoms with van der Waals surface area (Å²) < 4.78 is 38.1. The van der Waals surface area contributed by atoms with E-state index in [2.05, 4.69) is 5.32 Å². The van der Waals surface area contributed by atoms with Gasteiger partial charge in [0.2, 0.25) is 0 Å². The lowest BCUT2D eigenvalue weighted by Crippen LogP contribution is -2.45. The molecule has 108 valence electrons. The Morgan fingerprint density at radius 3 is 2.11 bits per heavy atom. The van der Waals surface area contributed by atoms with E-state index >= 15 is 0 Å². The van der Waals surface area contributed by atoms with Crippen molar-refractivity contribution in [2.45, 2.75) is 58.6 Å². The standard InChI is InChI=1S/C11H22FNO4S/c1-10(2,3)17-9(14)13-11(4,5)7-6-8-18(12,15)16/h6-8H2,1-5H3,(H,13,14). The van der Waals surface area contributed by atoms with Crippen LogP contribution in [0, 0.1) is 0 Å². The van der Waals surface area contributed by atoms with Crippen molar-refractivity contribution in [1.82, 2.24) is 5.32 Å². The van der Waals surface area contributed by atoms with Gasteiger partial charge in [0.05, 0.1) is 5.75 Å². The van der Waals surface area contributed by atoms with Crippen LogP contribution in [0.2, 0.25) is 0 Å². The molecule has 0 spiro atoms. The van der Waals surface area contributed by atoms with Gasteiger partial charge in [0.15, 0.2) is 0 Å². The first-order valence-electron chi connectivity index (χ1n) is 5.74.